The highest BCUT2D eigenvalue weighted by Gasteiger charge is 2.21. The van der Waals surface area contributed by atoms with Crippen LogP contribution in [0.3, 0.4) is 0 Å². The molecule has 0 bridgehead atoms. The number of hydrogen-bond acceptors (Lipinski definition) is 2. The lowest BCUT2D eigenvalue weighted by molar-refractivity contribution is -0.139. The molecule has 0 aliphatic rings. The van der Waals surface area contributed by atoms with Crippen molar-refractivity contribution in [2.45, 2.75) is 12.5 Å². The molecule has 4 nitrogen and oxygen atoms in total. The zero-order chi connectivity index (χ0) is 17.8. The minimum atomic E-state index is -1.07. The van der Waals surface area contributed by atoms with E-state index in [1.54, 1.807) is 24.3 Å². The molecule has 0 unspecified atom stereocenters. The molecule has 0 fully saturated rings. The van der Waals surface area contributed by atoms with E-state index in [0.717, 1.165) is 16.3 Å². The highest BCUT2D eigenvalue weighted by Crippen LogP contribution is 2.17. The van der Waals surface area contributed by atoms with E-state index in [1.165, 1.54) is 0 Å². The molecule has 0 aliphatic heterocycles. The van der Waals surface area contributed by atoms with Crippen LogP contribution in [0.5, 0.6) is 0 Å². The van der Waals surface area contributed by atoms with Crippen molar-refractivity contribution < 1.29 is 14.7 Å². The summed E-state index contributed by atoms with van der Waals surface area (Å²) in [6.07, 6.45) is 0.208. The number of carbonyl (C=O) groups excluding carboxylic acids is 1. The van der Waals surface area contributed by atoms with Gasteiger partial charge < -0.3 is 10.4 Å². The lowest BCUT2D eigenvalue weighted by Gasteiger charge is -2.15. The zero-order valence-corrected chi connectivity index (χ0v) is 14.0. The molecule has 126 valence electrons. The van der Waals surface area contributed by atoms with Crippen molar-refractivity contribution in [3.8, 4) is 0 Å². The second-order valence-corrected chi connectivity index (χ2v) is 6.19. The van der Waals surface area contributed by atoms with Crippen LogP contribution in [0.2, 0.25) is 5.02 Å². The average Bonchev–Trinajstić information content (AvgIpc) is 2.61. The van der Waals surface area contributed by atoms with Gasteiger partial charge in [-0.25, -0.2) is 4.79 Å². The second kappa shape index (κ2) is 7.36. The molecule has 3 aromatic rings. The predicted octanol–water partition coefficient (Wildman–Crippen LogP) is 3.92. The van der Waals surface area contributed by atoms with Crippen molar-refractivity contribution >= 4 is 34.2 Å². The summed E-state index contributed by atoms with van der Waals surface area (Å²) in [5.74, 6) is -1.51. The third-order valence-corrected chi connectivity index (χ3v) is 4.22. The molecule has 5 heteroatoms. The predicted molar refractivity (Wildman–Crippen MR) is 98.0 cm³/mol. The van der Waals surface area contributed by atoms with Crippen LogP contribution in [0.25, 0.3) is 10.8 Å². The molecule has 0 aliphatic carbocycles. The van der Waals surface area contributed by atoms with Crippen LogP contribution in [-0.4, -0.2) is 23.0 Å². The summed E-state index contributed by atoms with van der Waals surface area (Å²) in [4.78, 5) is 23.8. The maximum Gasteiger partial charge on any atom is 0.326 e. The van der Waals surface area contributed by atoms with Gasteiger partial charge >= 0.3 is 5.97 Å². The Morgan fingerprint density at radius 1 is 0.960 bits per heavy atom. The molecular weight excluding hydrogens is 338 g/mol. The first-order valence-electron chi connectivity index (χ1n) is 7.80. The molecule has 0 radical (unpaired) electrons. The van der Waals surface area contributed by atoms with Gasteiger partial charge in [-0.3, -0.25) is 4.79 Å². The van der Waals surface area contributed by atoms with Gasteiger partial charge in [-0.2, -0.15) is 0 Å². The van der Waals surface area contributed by atoms with Crippen molar-refractivity contribution in [3.63, 3.8) is 0 Å². The number of carboxylic acids is 1. The summed E-state index contributed by atoms with van der Waals surface area (Å²) < 4.78 is 0. The number of benzene rings is 3. The number of halogens is 1. The first kappa shape index (κ1) is 17.0. The summed E-state index contributed by atoms with van der Waals surface area (Å²) in [6.45, 7) is 0. The second-order valence-electron chi connectivity index (χ2n) is 5.76. The number of carboxylic acid groups (broad SMARTS) is 1. The smallest absolute Gasteiger partial charge is 0.326 e. The van der Waals surface area contributed by atoms with Crippen LogP contribution in [0, 0.1) is 0 Å². The highest BCUT2D eigenvalue weighted by molar-refractivity contribution is 6.30. The Kier molecular flexibility index (Phi) is 5.00. The fourth-order valence-electron chi connectivity index (χ4n) is 2.64. The van der Waals surface area contributed by atoms with E-state index in [1.807, 2.05) is 42.5 Å². The Hall–Kier alpha value is -2.85. The minimum Gasteiger partial charge on any atom is -0.480 e. The minimum absolute atomic E-state index is 0.208. The van der Waals surface area contributed by atoms with Crippen LogP contribution in [0.1, 0.15) is 15.9 Å². The van der Waals surface area contributed by atoms with E-state index in [0.29, 0.717) is 10.6 Å². The molecule has 0 aromatic heterocycles. The number of aliphatic carboxylic acids is 1. The van der Waals surface area contributed by atoms with Crippen molar-refractivity contribution in [3.05, 3.63) is 82.9 Å². The Labute approximate surface area is 150 Å². The number of carbonyl (C=O) groups is 2. The molecule has 0 saturated heterocycles. The largest absolute Gasteiger partial charge is 0.480 e. The summed E-state index contributed by atoms with van der Waals surface area (Å²) >= 11 is 5.80. The van der Waals surface area contributed by atoms with Gasteiger partial charge in [0.1, 0.15) is 6.04 Å². The van der Waals surface area contributed by atoms with Crippen molar-refractivity contribution in [2.24, 2.45) is 0 Å². The van der Waals surface area contributed by atoms with E-state index in [4.69, 9.17) is 11.6 Å². The first-order chi connectivity index (χ1) is 12.0. The van der Waals surface area contributed by atoms with Crippen LogP contribution in [-0.2, 0) is 11.2 Å². The van der Waals surface area contributed by atoms with Gasteiger partial charge in [0.2, 0.25) is 0 Å². The van der Waals surface area contributed by atoms with Gasteiger partial charge in [-0.1, -0.05) is 54.1 Å². The fraction of sp³-hybridized carbons (Fsp3) is 0.100. The number of nitrogens with one attached hydrogen (secondary N) is 1. The van der Waals surface area contributed by atoms with E-state index < -0.39 is 17.9 Å². The topological polar surface area (TPSA) is 66.4 Å². The molecule has 1 atom stereocenters. The van der Waals surface area contributed by atoms with Gasteiger partial charge in [0.05, 0.1) is 0 Å². The van der Waals surface area contributed by atoms with Gasteiger partial charge in [0.15, 0.2) is 0 Å². The summed E-state index contributed by atoms with van der Waals surface area (Å²) in [5.41, 5.74) is 1.22. The van der Waals surface area contributed by atoms with Crippen LogP contribution >= 0.6 is 11.6 Å². The first-order valence-corrected chi connectivity index (χ1v) is 8.17. The van der Waals surface area contributed by atoms with Crippen molar-refractivity contribution in [1.29, 1.82) is 0 Å². The molecule has 0 spiro atoms. The third kappa shape index (κ3) is 4.17. The number of amides is 1. The molecule has 1 amide bonds. The zero-order valence-electron chi connectivity index (χ0n) is 13.3. The fourth-order valence-corrected chi connectivity index (χ4v) is 2.77. The maximum atomic E-state index is 12.3. The van der Waals surface area contributed by atoms with E-state index in [-0.39, 0.29) is 6.42 Å². The lowest BCUT2D eigenvalue weighted by Crippen LogP contribution is -2.42. The molecule has 0 saturated carbocycles. The van der Waals surface area contributed by atoms with E-state index in [9.17, 15) is 14.7 Å². The molecule has 0 heterocycles. The van der Waals surface area contributed by atoms with Gasteiger partial charge in [-0.15, -0.1) is 0 Å². The molecular formula is C20H16ClNO3. The average molecular weight is 354 g/mol. The van der Waals surface area contributed by atoms with Crippen molar-refractivity contribution in [1.82, 2.24) is 5.32 Å². The highest BCUT2D eigenvalue weighted by atomic mass is 35.5. The Balaban J connectivity index is 1.77. The van der Waals surface area contributed by atoms with Gasteiger partial charge in [0, 0.05) is 17.0 Å². The lowest BCUT2D eigenvalue weighted by atomic mass is 10.0. The summed E-state index contributed by atoms with van der Waals surface area (Å²) in [6, 6.07) is 18.9. The number of rotatable bonds is 5. The molecule has 2 N–H and O–H groups in total. The van der Waals surface area contributed by atoms with E-state index in [2.05, 4.69) is 5.32 Å². The van der Waals surface area contributed by atoms with Crippen LogP contribution < -0.4 is 5.32 Å². The maximum absolute atomic E-state index is 12.3. The van der Waals surface area contributed by atoms with Gasteiger partial charge in [0.25, 0.3) is 5.91 Å². The van der Waals surface area contributed by atoms with Crippen molar-refractivity contribution in [2.75, 3.05) is 0 Å². The summed E-state index contributed by atoms with van der Waals surface area (Å²) in [7, 11) is 0. The van der Waals surface area contributed by atoms with Crippen LogP contribution in [0.15, 0.2) is 66.7 Å². The number of hydrogen-bond donors (Lipinski definition) is 2. The standard InChI is InChI=1S/C20H16ClNO3/c21-17-9-7-15(8-10-17)19(23)22-18(20(24)25)12-13-5-6-14-3-1-2-4-16(14)11-13/h1-11,18H,12H2,(H,22,23)(H,24,25)/t18-/m0/s1. The molecule has 3 rings (SSSR count). The SMILES string of the molecule is O=C(N[C@@H](Cc1ccc2ccccc2c1)C(=O)O)c1ccc(Cl)cc1. The Bertz CT molecular complexity index is 922. The number of fused-ring (bicyclic) bond motifs is 1. The molecule has 25 heavy (non-hydrogen) atoms. The normalized spacial score (nSPS) is 11.9. The summed E-state index contributed by atoms with van der Waals surface area (Å²) in [5, 5.41) is 14.7. The monoisotopic (exact) mass is 353 g/mol. The third-order valence-electron chi connectivity index (χ3n) is 3.96. The van der Waals surface area contributed by atoms with Gasteiger partial charge in [-0.05, 0) is 40.6 Å². The Morgan fingerprint density at radius 2 is 1.64 bits per heavy atom. The van der Waals surface area contributed by atoms with Crippen LogP contribution in [0.4, 0.5) is 0 Å². The molecule has 3 aromatic carbocycles. The quantitative estimate of drug-likeness (QED) is 0.730. The van der Waals surface area contributed by atoms with E-state index >= 15 is 0 Å². The Morgan fingerprint density at radius 3 is 2.32 bits per heavy atom.